The Kier molecular flexibility index (Phi) is 6.32. The van der Waals surface area contributed by atoms with Crippen molar-refractivity contribution in [1.29, 1.82) is 5.26 Å². The van der Waals surface area contributed by atoms with Crippen LogP contribution in [0.1, 0.15) is 22.6 Å². The van der Waals surface area contributed by atoms with E-state index in [1.54, 1.807) is 37.4 Å². The second kappa shape index (κ2) is 8.89. The van der Waals surface area contributed by atoms with Crippen LogP contribution >= 0.6 is 23.2 Å². The molecule has 8 heteroatoms. The SMILES string of the molecule is COCc1cc(C)nc(N/N=C\c2ccc(-c3cc(Cl)ccc3Cl)o2)c1C#N. The highest BCUT2D eigenvalue weighted by molar-refractivity contribution is 6.35. The maximum atomic E-state index is 9.43. The largest absolute Gasteiger partial charge is 0.455 e. The Labute approximate surface area is 172 Å². The summed E-state index contributed by atoms with van der Waals surface area (Å²) in [6.45, 7) is 2.15. The van der Waals surface area contributed by atoms with E-state index in [4.69, 9.17) is 32.4 Å². The fourth-order valence-corrected chi connectivity index (χ4v) is 3.01. The van der Waals surface area contributed by atoms with Crippen molar-refractivity contribution in [1.82, 2.24) is 4.98 Å². The number of ether oxygens (including phenoxy) is 1. The molecule has 1 aromatic carbocycles. The average molecular weight is 415 g/mol. The molecule has 142 valence electrons. The van der Waals surface area contributed by atoms with Gasteiger partial charge in [0, 0.05) is 29.0 Å². The van der Waals surface area contributed by atoms with Crippen LogP contribution in [0.25, 0.3) is 11.3 Å². The topological polar surface area (TPSA) is 83.4 Å². The van der Waals surface area contributed by atoms with Crippen molar-refractivity contribution >= 4 is 35.2 Å². The van der Waals surface area contributed by atoms with Crippen molar-refractivity contribution in [3.63, 3.8) is 0 Å². The quantitative estimate of drug-likeness (QED) is 0.429. The summed E-state index contributed by atoms with van der Waals surface area (Å²) in [5.74, 6) is 1.43. The highest BCUT2D eigenvalue weighted by atomic mass is 35.5. The molecule has 3 aromatic rings. The Morgan fingerprint density at radius 3 is 2.86 bits per heavy atom. The lowest BCUT2D eigenvalue weighted by Crippen LogP contribution is -2.03. The molecule has 2 heterocycles. The van der Waals surface area contributed by atoms with Gasteiger partial charge in [-0.1, -0.05) is 23.2 Å². The van der Waals surface area contributed by atoms with E-state index in [0.29, 0.717) is 45.1 Å². The molecule has 3 rings (SSSR count). The molecule has 0 radical (unpaired) electrons. The van der Waals surface area contributed by atoms with Gasteiger partial charge in [0.1, 0.15) is 23.2 Å². The number of hydrogen-bond donors (Lipinski definition) is 1. The van der Waals surface area contributed by atoms with Crippen LogP contribution in [0.3, 0.4) is 0 Å². The van der Waals surface area contributed by atoms with Crippen molar-refractivity contribution < 1.29 is 9.15 Å². The Balaban J connectivity index is 1.80. The van der Waals surface area contributed by atoms with Gasteiger partial charge in [-0.05, 0) is 43.3 Å². The Morgan fingerprint density at radius 1 is 1.29 bits per heavy atom. The van der Waals surface area contributed by atoms with E-state index < -0.39 is 0 Å². The van der Waals surface area contributed by atoms with Crippen LogP contribution < -0.4 is 5.43 Å². The highest BCUT2D eigenvalue weighted by Crippen LogP contribution is 2.31. The van der Waals surface area contributed by atoms with Crippen molar-refractivity contribution in [3.8, 4) is 17.4 Å². The number of hydrazone groups is 1. The van der Waals surface area contributed by atoms with Gasteiger partial charge in [0.2, 0.25) is 0 Å². The number of nitrogens with one attached hydrogen (secondary N) is 1. The summed E-state index contributed by atoms with van der Waals surface area (Å²) < 4.78 is 10.9. The molecule has 6 nitrogen and oxygen atoms in total. The van der Waals surface area contributed by atoms with Gasteiger partial charge < -0.3 is 9.15 Å². The molecule has 0 bridgehead atoms. The molecule has 1 N–H and O–H groups in total. The summed E-state index contributed by atoms with van der Waals surface area (Å²) in [4.78, 5) is 4.33. The summed E-state index contributed by atoms with van der Waals surface area (Å²) in [6, 6.07) is 12.6. The smallest absolute Gasteiger partial charge is 0.164 e. The number of methoxy groups -OCH3 is 1. The lowest BCUT2D eigenvalue weighted by Gasteiger charge is -2.08. The molecular weight excluding hydrogens is 399 g/mol. The molecular formula is C20H16Cl2N4O2. The molecule has 0 saturated heterocycles. The van der Waals surface area contributed by atoms with Crippen molar-refractivity contribution in [3.05, 3.63) is 69.0 Å². The number of pyridine rings is 1. The number of nitriles is 1. The normalized spacial score (nSPS) is 11.0. The third-order valence-electron chi connectivity index (χ3n) is 3.82. The average Bonchev–Trinajstić information content (AvgIpc) is 3.12. The number of rotatable bonds is 6. The number of benzene rings is 1. The second-order valence-corrected chi connectivity index (χ2v) is 6.73. The Hall–Kier alpha value is -2.85. The second-order valence-electron chi connectivity index (χ2n) is 5.89. The minimum atomic E-state index is 0.312. The van der Waals surface area contributed by atoms with E-state index in [9.17, 15) is 5.26 Å². The fraction of sp³-hybridized carbons (Fsp3) is 0.150. The predicted octanol–water partition coefficient (Wildman–Crippen LogP) is 5.42. The molecule has 0 spiro atoms. The standard InChI is InChI=1S/C20H16Cl2N4O2/c1-12-7-13(11-27-2)17(9-23)20(25-12)26-24-10-15-4-6-19(28-15)16-8-14(21)3-5-18(16)22/h3-8,10H,11H2,1-2H3,(H,25,26)/b24-10-. The molecule has 2 aromatic heterocycles. The highest BCUT2D eigenvalue weighted by Gasteiger charge is 2.11. The van der Waals surface area contributed by atoms with Crippen molar-refractivity contribution in [2.24, 2.45) is 5.10 Å². The molecule has 28 heavy (non-hydrogen) atoms. The van der Waals surface area contributed by atoms with Gasteiger partial charge in [-0.3, -0.25) is 5.43 Å². The maximum Gasteiger partial charge on any atom is 0.164 e. The van der Waals surface area contributed by atoms with Crippen LogP contribution in [0.5, 0.6) is 0 Å². The Morgan fingerprint density at radius 2 is 2.11 bits per heavy atom. The van der Waals surface area contributed by atoms with Crippen LogP contribution in [0.15, 0.2) is 45.9 Å². The monoisotopic (exact) mass is 414 g/mol. The van der Waals surface area contributed by atoms with Gasteiger partial charge in [0.05, 0.1) is 17.8 Å². The number of nitrogens with zero attached hydrogens (tertiary/aromatic N) is 3. The molecule has 0 fully saturated rings. The molecule has 0 aliphatic heterocycles. The number of aryl methyl sites for hydroxylation is 1. The van der Waals surface area contributed by atoms with Gasteiger partial charge in [0.15, 0.2) is 5.82 Å². The van der Waals surface area contributed by atoms with Gasteiger partial charge in [-0.2, -0.15) is 10.4 Å². The van der Waals surface area contributed by atoms with Gasteiger partial charge in [-0.15, -0.1) is 0 Å². The van der Waals surface area contributed by atoms with E-state index in [2.05, 4.69) is 21.6 Å². The van der Waals surface area contributed by atoms with Gasteiger partial charge >= 0.3 is 0 Å². The van der Waals surface area contributed by atoms with Crippen LogP contribution in [-0.4, -0.2) is 18.3 Å². The number of halogens is 2. The zero-order valence-electron chi connectivity index (χ0n) is 15.2. The zero-order chi connectivity index (χ0) is 20.1. The number of furan rings is 1. The van der Waals surface area contributed by atoms with E-state index >= 15 is 0 Å². The fourth-order valence-electron chi connectivity index (χ4n) is 2.63. The first-order valence-corrected chi connectivity index (χ1v) is 9.01. The minimum Gasteiger partial charge on any atom is -0.455 e. The van der Waals surface area contributed by atoms with Crippen molar-refractivity contribution in [2.75, 3.05) is 12.5 Å². The van der Waals surface area contributed by atoms with E-state index in [0.717, 1.165) is 11.3 Å². The first kappa shape index (κ1) is 19.9. The number of anilines is 1. The third kappa shape index (κ3) is 4.52. The summed E-state index contributed by atoms with van der Waals surface area (Å²) in [5, 5.41) is 14.7. The molecule has 0 atom stereocenters. The van der Waals surface area contributed by atoms with Crippen LogP contribution in [0, 0.1) is 18.3 Å². The van der Waals surface area contributed by atoms with E-state index in [1.165, 1.54) is 6.21 Å². The summed E-state index contributed by atoms with van der Waals surface area (Å²) >= 11 is 12.2. The van der Waals surface area contributed by atoms with E-state index in [1.807, 2.05) is 13.0 Å². The van der Waals surface area contributed by atoms with Gasteiger partial charge in [0.25, 0.3) is 0 Å². The molecule has 0 amide bonds. The summed E-state index contributed by atoms with van der Waals surface area (Å²) in [6.07, 6.45) is 1.49. The molecule has 0 aliphatic rings. The Bertz CT molecular complexity index is 1070. The lowest BCUT2D eigenvalue weighted by atomic mass is 10.1. The first-order valence-electron chi connectivity index (χ1n) is 8.25. The predicted molar refractivity (Wildman–Crippen MR) is 110 cm³/mol. The summed E-state index contributed by atoms with van der Waals surface area (Å²) in [7, 11) is 1.57. The minimum absolute atomic E-state index is 0.312. The number of hydrogen-bond acceptors (Lipinski definition) is 6. The van der Waals surface area contributed by atoms with Crippen LogP contribution in [-0.2, 0) is 11.3 Å². The van der Waals surface area contributed by atoms with Gasteiger partial charge in [-0.25, -0.2) is 4.98 Å². The van der Waals surface area contributed by atoms with Crippen LogP contribution in [0.4, 0.5) is 5.82 Å². The molecule has 0 aliphatic carbocycles. The van der Waals surface area contributed by atoms with Crippen LogP contribution in [0.2, 0.25) is 10.0 Å². The van der Waals surface area contributed by atoms with Crippen molar-refractivity contribution in [2.45, 2.75) is 13.5 Å². The molecule has 0 saturated carbocycles. The molecule has 0 unspecified atom stereocenters. The maximum absolute atomic E-state index is 9.43. The summed E-state index contributed by atoms with van der Waals surface area (Å²) in [5.41, 5.74) is 5.36. The zero-order valence-corrected chi connectivity index (χ0v) is 16.7. The van der Waals surface area contributed by atoms with E-state index in [-0.39, 0.29) is 0 Å². The third-order valence-corrected chi connectivity index (χ3v) is 4.39. The first-order chi connectivity index (χ1) is 13.5. The number of aromatic nitrogens is 1. The lowest BCUT2D eigenvalue weighted by molar-refractivity contribution is 0.184.